The van der Waals surface area contributed by atoms with Crippen LogP contribution in [0.15, 0.2) is 59.6 Å². The molecule has 2 rings (SSSR count). The highest BCUT2D eigenvalue weighted by molar-refractivity contribution is 6.03. The lowest BCUT2D eigenvalue weighted by molar-refractivity contribution is -0.117. The van der Waals surface area contributed by atoms with E-state index in [0.29, 0.717) is 5.96 Å². The number of hydrogen-bond acceptors (Lipinski definition) is 2. The molecule has 23 heavy (non-hydrogen) atoms. The number of nitrogens with two attached hydrogens (primary N) is 1. The SMILES string of the molecule is CC(C)N=C(Nc1ccccc1)Nc1ccc(CC(N)=O)cc1. The lowest BCUT2D eigenvalue weighted by atomic mass is 10.1. The number of rotatable bonds is 5. The van der Waals surface area contributed by atoms with Crippen molar-refractivity contribution in [2.24, 2.45) is 10.7 Å². The topological polar surface area (TPSA) is 79.5 Å². The van der Waals surface area contributed by atoms with Crippen LogP contribution in [0, 0.1) is 0 Å². The maximum atomic E-state index is 10.9. The Morgan fingerprint density at radius 1 is 1.00 bits per heavy atom. The first-order chi connectivity index (χ1) is 11.0. The number of hydrogen-bond donors (Lipinski definition) is 3. The Bertz CT molecular complexity index is 663. The molecule has 0 saturated carbocycles. The van der Waals surface area contributed by atoms with Crippen molar-refractivity contribution in [1.29, 1.82) is 0 Å². The van der Waals surface area contributed by atoms with Crippen LogP contribution in [-0.2, 0) is 11.2 Å². The molecule has 0 unspecified atom stereocenters. The van der Waals surface area contributed by atoms with Gasteiger partial charge in [0.15, 0.2) is 0 Å². The van der Waals surface area contributed by atoms with Crippen LogP contribution in [0.2, 0.25) is 0 Å². The summed E-state index contributed by atoms with van der Waals surface area (Å²) >= 11 is 0. The summed E-state index contributed by atoms with van der Waals surface area (Å²) in [7, 11) is 0. The van der Waals surface area contributed by atoms with Crippen LogP contribution in [0.25, 0.3) is 0 Å². The van der Waals surface area contributed by atoms with E-state index in [9.17, 15) is 4.79 Å². The van der Waals surface area contributed by atoms with Crippen molar-refractivity contribution in [2.75, 3.05) is 10.6 Å². The molecule has 1 amide bonds. The molecule has 0 aromatic heterocycles. The number of carbonyl (C=O) groups excluding carboxylic acids is 1. The van der Waals surface area contributed by atoms with E-state index in [0.717, 1.165) is 16.9 Å². The van der Waals surface area contributed by atoms with Crippen LogP contribution in [0.5, 0.6) is 0 Å². The Balaban J connectivity index is 2.10. The van der Waals surface area contributed by atoms with Crippen molar-refractivity contribution in [3.05, 3.63) is 60.2 Å². The van der Waals surface area contributed by atoms with Gasteiger partial charge in [0.25, 0.3) is 0 Å². The second-order valence-corrected chi connectivity index (χ2v) is 5.53. The van der Waals surface area contributed by atoms with Gasteiger partial charge in [-0.05, 0) is 43.7 Å². The summed E-state index contributed by atoms with van der Waals surface area (Å²) in [6.07, 6.45) is 0.246. The normalized spacial score (nSPS) is 11.3. The molecule has 4 N–H and O–H groups in total. The van der Waals surface area contributed by atoms with E-state index in [1.807, 2.05) is 68.4 Å². The number of para-hydroxylation sites is 1. The number of anilines is 2. The van der Waals surface area contributed by atoms with Gasteiger partial charge in [0, 0.05) is 17.4 Å². The number of nitrogens with one attached hydrogen (secondary N) is 2. The van der Waals surface area contributed by atoms with E-state index in [1.165, 1.54) is 0 Å². The third-order valence-corrected chi connectivity index (χ3v) is 3.02. The molecule has 0 atom stereocenters. The van der Waals surface area contributed by atoms with E-state index in [2.05, 4.69) is 15.6 Å². The smallest absolute Gasteiger partial charge is 0.221 e. The summed E-state index contributed by atoms with van der Waals surface area (Å²) in [5, 5.41) is 6.53. The Hall–Kier alpha value is -2.82. The van der Waals surface area contributed by atoms with Gasteiger partial charge in [-0.25, -0.2) is 4.99 Å². The Kier molecular flexibility index (Phi) is 5.74. The van der Waals surface area contributed by atoms with Gasteiger partial charge in [0.1, 0.15) is 0 Å². The maximum Gasteiger partial charge on any atom is 0.221 e. The molecule has 0 spiro atoms. The lowest BCUT2D eigenvalue weighted by Gasteiger charge is -2.14. The zero-order chi connectivity index (χ0) is 16.7. The minimum atomic E-state index is -0.335. The predicted octanol–water partition coefficient (Wildman–Crippen LogP) is 3.00. The van der Waals surface area contributed by atoms with E-state index in [4.69, 9.17) is 5.73 Å². The molecular formula is C18H22N4O. The van der Waals surface area contributed by atoms with Gasteiger partial charge in [-0.2, -0.15) is 0 Å². The van der Waals surface area contributed by atoms with Crippen molar-refractivity contribution in [2.45, 2.75) is 26.3 Å². The minimum Gasteiger partial charge on any atom is -0.369 e. The molecule has 0 aliphatic rings. The second kappa shape index (κ2) is 7.98. The number of guanidine groups is 1. The average molecular weight is 310 g/mol. The van der Waals surface area contributed by atoms with E-state index >= 15 is 0 Å². The molecule has 0 heterocycles. The highest BCUT2D eigenvalue weighted by Gasteiger charge is 2.04. The molecule has 0 saturated heterocycles. The van der Waals surface area contributed by atoms with E-state index in [1.54, 1.807) is 0 Å². The molecular weight excluding hydrogens is 288 g/mol. The monoisotopic (exact) mass is 310 g/mol. The van der Waals surface area contributed by atoms with Gasteiger partial charge < -0.3 is 16.4 Å². The Morgan fingerprint density at radius 3 is 2.09 bits per heavy atom. The number of primary amides is 1. The van der Waals surface area contributed by atoms with Crippen LogP contribution in [0.1, 0.15) is 19.4 Å². The summed E-state index contributed by atoms with van der Waals surface area (Å²) < 4.78 is 0. The fourth-order valence-corrected chi connectivity index (χ4v) is 2.06. The maximum absolute atomic E-state index is 10.9. The van der Waals surface area contributed by atoms with Gasteiger partial charge >= 0.3 is 0 Å². The second-order valence-electron chi connectivity index (χ2n) is 5.53. The molecule has 2 aromatic rings. The number of nitrogens with zero attached hydrogens (tertiary/aromatic N) is 1. The van der Waals surface area contributed by atoms with Crippen LogP contribution >= 0.6 is 0 Å². The number of amides is 1. The van der Waals surface area contributed by atoms with Gasteiger partial charge in [-0.1, -0.05) is 30.3 Å². The van der Waals surface area contributed by atoms with Gasteiger partial charge in [0.2, 0.25) is 11.9 Å². The van der Waals surface area contributed by atoms with Crippen molar-refractivity contribution < 1.29 is 4.79 Å². The number of carbonyl (C=O) groups is 1. The van der Waals surface area contributed by atoms with Crippen molar-refractivity contribution >= 4 is 23.2 Å². The summed E-state index contributed by atoms with van der Waals surface area (Å²) in [5.74, 6) is 0.340. The van der Waals surface area contributed by atoms with Crippen molar-refractivity contribution in [1.82, 2.24) is 0 Å². The molecule has 0 aliphatic carbocycles. The zero-order valence-electron chi connectivity index (χ0n) is 13.4. The van der Waals surface area contributed by atoms with E-state index in [-0.39, 0.29) is 18.4 Å². The van der Waals surface area contributed by atoms with Crippen molar-refractivity contribution in [3.63, 3.8) is 0 Å². The van der Waals surface area contributed by atoms with Crippen LogP contribution in [0.3, 0.4) is 0 Å². The summed E-state index contributed by atoms with van der Waals surface area (Å²) in [6.45, 7) is 4.04. The first kappa shape index (κ1) is 16.5. The van der Waals surface area contributed by atoms with Crippen LogP contribution < -0.4 is 16.4 Å². The first-order valence-corrected chi connectivity index (χ1v) is 7.57. The van der Waals surface area contributed by atoms with E-state index < -0.39 is 0 Å². The molecule has 0 aliphatic heterocycles. The Labute approximate surface area is 136 Å². The summed E-state index contributed by atoms with van der Waals surface area (Å²) in [4.78, 5) is 15.5. The standard InChI is InChI=1S/C18H22N4O/c1-13(2)20-18(21-15-6-4-3-5-7-15)22-16-10-8-14(9-11-16)12-17(19)23/h3-11,13H,12H2,1-2H3,(H2,19,23)(H2,20,21,22). The average Bonchev–Trinajstić information content (AvgIpc) is 2.49. The van der Waals surface area contributed by atoms with Gasteiger partial charge in [0.05, 0.1) is 6.42 Å². The summed E-state index contributed by atoms with van der Waals surface area (Å²) in [5.41, 5.74) is 7.94. The third kappa shape index (κ3) is 5.82. The number of aliphatic imine (C=N–C) groups is 1. The third-order valence-electron chi connectivity index (χ3n) is 3.02. The molecule has 120 valence electrons. The van der Waals surface area contributed by atoms with Gasteiger partial charge in [-0.15, -0.1) is 0 Å². The minimum absolute atomic E-state index is 0.155. The fraction of sp³-hybridized carbons (Fsp3) is 0.222. The molecule has 0 radical (unpaired) electrons. The molecule has 0 bridgehead atoms. The van der Waals surface area contributed by atoms with Crippen LogP contribution in [-0.4, -0.2) is 17.9 Å². The lowest BCUT2D eigenvalue weighted by Crippen LogP contribution is -2.23. The van der Waals surface area contributed by atoms with Crippen LogP contribution in [0.4, 0.5) is 11.4 Å². The molecule has 5 heteroatoms. The predicted molar refractivity (Wildman–Crippen MR) is 95.6 cm³/mol. The largest absolute Gasteiger partial charge is 0.369 e. The fourth-order valence-electron chi connectivity index (χ4n) is 2.06. The summed E-state index contributed by atoms with van der Waals surface area (Å²) in [6, 6.07) is 17.6. The quantitative estimate of drug-likeness (QED) is 0.586. The first-order valence-electron chi connectivity index (χ1n) is 7.57. The zero-order valence-corrected chi connectivity index (χ0v) is 13.4. The molecule has 0 fully saturated rings. The van der Waals surface area contributed by atoms with Crippen molar-refractivity contribution in [3.8, 4) is 0 Å². The molecule has 5 nitrogen and oxygen atoms in total. The number of benzene rings is 2. The highest BCUT2D eigenvalue weighted by atomic mass is 16.1. The Morgan fingerprint density at radius 2 is 1.57 bits per heavy atom. The molecule has 2 aromatic carbocycles. The van der Waals surface area contributed by atoms with Gasteiger partial charge in [-0.3, -0.25) is 4.79 Å². The highest BCUT2D eigenvalue weighted by Crippen LogP contribution is 2.12.